The van der Waals surface area contributed by atoms with Crippen molar-refractivity contribution < 1.29 is 19.4 Å². The lowest BCUT2D eigenvalue weighted by molar-refractivity contribution is -0.144. The van der Waals surface area contributed by atoms with Crippen LogP contribution in [0.4, 0.5) is 5.69 Å². The maximum atomic E-state index is 14.0. The van der Waals surface area contributed by atoms with Gasteiger partial charge in [0.25, 0.3) is 5.91 Å². The second-order valence-electron chi connectivity index (χ2n) is 11.1. The molecule has 1 saturated heterocycles. The monoisotopic (exact) mass is 571 g/mol. The number of carbonyl (C=O) groups is 2. The van der Waals surface area contributed by atoms with Gasteiger partial charge in [-0.25, -0.2) is 0 Å². The number of fused-ring (bicyclic) bond motifs is 1. The predicted octanol–water partition coefficient (Wildman–Crippen LogP) is 6.45. The summed E-state index contributed by atoms with van der Waals surface area (Å²) in [6.45, 7) is 1.90. The van der Waals surface area contributed by atoms with E-state index in [0.717, 1.165) is 52.8 Å². The number of amides is 1. The van der Waals surface area contributed by atoms with Gasteiger partial charge in [0.1, 0.15) is 18.4 Å². The van der Waals surface area contributed by atoms with Gasteiger partial charge in [-0.05, 0) is 78.4 Å². The zero-order chi connectivity index (χ0) is 29.8. The summed E-state index contributed by atoms with van der Waals surface area (Å²) in [5.41, 5.74) is 7.08. The molecule has 0 saturated carbocycles. The lowest BCUT2D eigenvalue weighted by atomic mass is 9.98. The van der Waals surface area contributed by atoms with Crippen LogP contribution in [-0.2, 0) is 24.4 Å². The van der Waals surface area contributed by atoms with Crippen LogP contribution in [0.3, 0.4) is 0 Å². The molecule has 6 rings (SSSR count). The first-order valence-electron chi connectivity index (χ1n) is 14.7. The molecule has 1 amide bonds. The molecule has 2 aliphatic rings. The molecule has 2 heterocycles. The summed E-state index contributed by atoms with van der Waals surface area (Å²) in [4.78, 5) is 29.7. The van der Waals surface area contributed by atoms with E-state index < -0.39 is 12.0 Å². The zero-order valence-corrected chi connectivity index (χ0v) is 23.9. The number of ether oxygens (including phenoxy) is 1. The molecule has 1 N–H and O–H groups in total. The summed E-state index contributed by atoms with van der Waals surface area (Å²) >= 11 is 0. The molecule has 216 valence electrons. The largest absolute Gasteiger partial charge is 0.489 e. The second-order valence-corrected chi connectivity index (χ2v) is 11.1. The average Bonchev–Trinajstić information content (AvgIpc) is 3.49. The van der Waals surface area contributed by atoms with E-state index >= 15 is 0 Å². The highest BCUT2D eigenvalue weighted by atomic mass is 16.5. The number of hydrogen-bond acceptors (Lipinski definition) is 5. The van der Waals surface area contributed by atoms with Crippen LogP contribution in [0.15, 0.2) is 91.0 Å². The van der Waals surface area contributed by atoms with Gasteiger partial charge in [-0.3, -0.25) is 14.5 Å². The molecule has 4 aromatic carbocycles. The van der Waals surface area contributed by atoms with Gasteiger partial charge in [0.05, 0.1) is 11.6 Å². The van der Waals surface area contributed by atoms with E-state index in [2.05, 4.69) is 24.3 Å². The Balaban J connectivity index is 1.30. The number of carboxylic acids is 1. The molecule has 0 radical (unpaired) electrons. The number of likely N-dealkylation sites (tertiary alicyclic amines) is 1. The van der Waals surface area contributed by atoms with Crippen molar-refractivity contribution in [3.63, 3.8) is 0 Å². The molecule has 0 aliphatic carbocycles. The first-order chi connectivity index (χ1) is 21.0. The molecule has 1 atom stereocenters. The highest BCUT2D eigenvalue weighted by molar-refractivity contribution is 6.08. The van der Waals surface area contributed by atoms with Crippen LogP contribution in [0, 0.1) is 11.3 Å². The fourth-order valence-corrected chi connectivity index (χ4v) is 6.21. The average molecular weight is 572 g/mol. The zero-order valence-electron chi connectivity index (χ0n) is 23.9. The lowest BCUT2D eigenvalue weighted by Gasteiger charge is -2.33. The smallest absolute Gasteiger partial charge is 0.320 e. The third-order valence-electron chi connectivity index (χ3n) is 8.39. The number of piperidine rings is 1. The van der Waals surface area contributed by atoms with Crippen LogP contribution >= 0.6 is 0 Å². The van der Waals surface area contributed by atoms with E-state index in [9.17, 15) is 20.0 Å². The van der Waals surface area contributed by atoms with Crippen molar-refractivity contribution in [3.05, 3.63) is 119 Å². The van der Waals surface area contributed by atoms with Gasteiger partial charge in [-0.2, -0.15) is 5.26 Å². The predicted molar refractivity (Wildman–Crippen MR) is 165 cm³/mol. The van der Waals surface area contributed by atoms with Gasteiger partial charge >= 0.3 is 5.97 Å². The summed E-state index contributed by atoms with van der Waals surface area (Å²) in [6, 6.07) is 30.7. The summed E-state index contributed by atoms with van der Waals surface area (Å²) in [5.74, 6) is -0.376. The second kappa shape index (κ2) is 12.5. The van der Waals surface area contributed by atoms with Crippen molar-refractivity contribution in [1.29, 1.82) is 5.26 Å². The third-order valence-corrected chi connectivity index (χ3v) is 8.39. The highest BCUT2D eigenvalue weighted by Gasteiger charge is 2.31. The third kappa shape index (κ3) is 6.01. The number of nitrogens with zero attached hydrogens (tertiary/aromatic N) is 3. The van der Waals surface area contributed by atoms with E-state index in [4.69, 9.17) is 4.74 Å². The van der Waals surface area contributed by atoms with Gasteiger partial charge in [0.2, 0.25) is 0 Å². The summed E-state index contributed by atoms with van der Waals surface area (Å²) in [6.07, 6.45) is 3.22. The van der Waals surface area contributed by atoms with Crippen molar-refractivity contribution in [3.8, 4) is 22.9 Å². The van der Waals surface area contributed by atoms with Crippen LogP contribution < -0.4 is 9.64 Å². The maximum absolute atomic E-state index is 14.0. The molecular weight excluding hydrogens is 538 g/mol. The Kier molecular flexibility index (Phi) is 8.21. The number of rotatable bonds is 8. The maximum Gasteiger partial charge on any atom is 0.320 e. The minimum absolute atomic E-state index is 0.103. The first-order valence-corrected chi connectivity index (χ1v) is 14.7. The Bertz CT molecular complexity index is 1690. The van der Waals surface area contributed by atoms with Gasteiger partial charge in [-0.15, -0.1) is 0 Å². The Morgan fingerprint density at radius 3 is 2.58 bits per heavy atom. The Morgan fingerprint density at radius 1 is 0.930 bits per heavy atom. The summed E-state index contributed by atoms with van der Waals surface area (Å²) in [5, 5.41) is 19.1. The topological polar surface area (TPSA) is 93.9 Å². The number of nitriles is 1. The Hall–Kier alpha value is -4.93. The Morgan fingerprint density at radius 2 is 1.77 bits per heavy atom. The van der Waals surface area contributed by atoms with E-state index in [0.29, 0.717) is 42.9 Å². The normalized spacial score (nSPS) is 16.3. The molecule has 1 fully saturated rings. The molecule has 0 spiro atoms. The van der Waals surface area contributed by atoms with E-state index in [1.54, 1.807) is 18.2 Å². The quantitative estimate of drug-likeness (QED) is 0.261. The number of hydrogen-bond donors (Lipinski definition) is 1. The van der Waals surface area contributed by atoms with Gasteiger partial charge in [-0.1, -0.05) is 67.1 Å². The van der Waals surface area contributed by atoms with E-state index in [1.165, 1.54) is 0 Å². The van der Waals surface area contributed by atoms with Gasteiger partial charge in [0, 0.05) is 29.9 Å². The highest BCUT2D eigenvalue weighted by Crippen LogP contribution is 2.37. The first kappa shape index (κ1) is 28.2. The van der Waals surface area contributed by atoms with E-state index in [1.807, 2.05) is 64.4 Å². The molecular formula is C36H33N3O4. The van der Waals surface area contributed by atoms with Crippen LogP contribution in [0.5, 0.6) is 5.75 Å². The van der Waals surface area contributed by atoms with Crippen LogP contribution in [0.2, 0.25) is 0 Å². The molecule has 43 heavy (non-hydrogen) atoms. The standard InChI is InChI=1S/C36H33N3O4/c37-22-25-8-6-9-26(20-25)24-43-34-21-28(15-16-29(34)23-38-18-5-4-13-33(38)36(41)42)35(40)39-19-17-31-30(12-7-14-32(31)39)27-10-2-1-3-11-27/h1-3,6-12,14-16,20-21,33H,4-5,13,17-19,23-24H2,(H,41,42)/t33-/m0/s1. The van der Waals surface area contributed by atoms with Crippen molar-refractivity contribution in [2.75, 3.05) is 18.0 Å². The SMILES string of the molecule is N#Cc1cccc(COc2cc(C(=O)N3CCc4c(-c5ccccc5)cccc43)ccc2CN2CCCC[C@H]2C(=O)O)c1. The number of aliphatic carboxylic acids is 1. The summed E-state index contributed by atoms with van der Waals surface area (Å²) in [7, 11) is 0. The molecule has 7 nitrogen and oxygen atoms in total. The van der Waals surface area contributed by atoms with Crippen molar-refractivity contribution >= 4 is 17.6 Å². The Labute approximate surface area is 251 Å². The van der Waals surface area contributed by atoms with Crippen molar-refractivity contribution in [2.24, 2.45) is 0 Å². The fourth-order valence-electron chi connectivity index (χ4n) is 6.21. The number of carboxylic acid groups (broad SMARTS) is 1. The number of anilines is 1. The van der Waals surface area contributed by atoms with Crippen LogP contribution in [0.1, 0.15) is 51.9 Å². The van der Waals surface area contributed by atoms with Crippen molar-refractivity contribution in [2.45, 2.75) is 44.9 Å². The number of carbonyl (C=O) groups excluding carboxylic acids is 1. The molecule has 2 aliphatic heterocycles. The van der Waals surface area contributed by atoms with Gasteiger partial charge < -0.3 is 14.7 Å². The molecule has 0 aromatic heterocycles. The minimum Gasteiger partial charge on any atom is -0.489 e. The fraction of sp³-hybridized carbons (Fsp3) is 0.250. The van der Waals surface area contributed by atoms with E-state index in [-0.39, 0.29) is 12.5 Å². The molecule has 7 heteroatoms. The van der Waals surface area contributed by atoms with Gasteiger partial charge in [0.15, 0.2) is 0 Å². The molecule has 0 unspecified atom stereocenters. The summed E-state index contributed by atoms with van der Waals surface area (Å²) < 4.78 is 6.31. The lowest BCUT2D eigenvalue weighted by Crippen LogP contribution is -2.44. The van der Waals surface area contributed by atoms with Crippen LogP contribution in [-0.4, -0.2) is 41.0 Å². The van der Waals surface area contributed by atoms with Crippen LogP contribution in [0.25, 0.3) is 11.1 Å². The minimum atomic E-state index is -0.815. The molecule has 4 aromatic rings. The molecule has 0 bridgehead atoms. The van der Waals surface area contributed by atoms with Crippen molar-refractivity contribution in [1.82, 2.24) is 4.90 Å². The number of benzene rings is 4.